The van der Waals surface area contributed by atoms with Crippen LogP contribution in [-0.2, 0) is 12.8 Å². The Labute approximate surface area is 185 Å². The van der Waals surface area contributed by atoms with Gasteiger partial charge in [-0.3, -0.25) is 4.98 Å². The van der Waals surface area contributed by atoms with Gasteiger partial charge in [0, 0.05) is 23.2 Å². The van der Waals surface area contributed by atoms with Gasteiger partial charge in [0.1, 0.15) is 0 Å². The van der Waals surface area contributed by atoms with Crippen molar-refractivity contribution in [1.82, 2.24) is 10.3 Å². The molecule has 3 aromatic rings. The summed E-state index contributed by atoms with van der Waals surface area (Å²) in [5.41, 5.74) is 11.0. The van der Waals surface area contributed by atoms with Crippen LogP contribution in [0.25, 0.3) is 5.57 Å². The standard InChI is InChI=1S/C20H22N2.C7H8S/c1-14-6-9-18-16(12-14)8-7-15-4-3-11-22-20(15)19(18)17-5-2-10-21-13-17;1-6-2-4-7(8)5-3-6/h3-4,6,9,11-12,21H,2,5,7-8,10,13H2,1H3;2-5,8H,1H3/b19-17-;. The second-order valence-corrected chi connectivity index (χ2v) is 8.78. The molecule has 2 aromatic carbocycles. The zero-order valence-electron chi connectivity index (χ0n) is 17.9. The summed E-state index contributed by atoms with van der Waals surface area (Å²) in [6, 6.07) is 19.3. The Morgan fingerprint density at radius 3 is 2.37 bits per heavy atom. The summed E-state index contributed by atoms with van der Waals surface area (Å²) in [6.07, 6.45) is 6.55. The first-order chi connectivity index (χ1) is 14.6. The van der Waals surface area contributed by atoms with Crippen LogP contribution >= 0.6 is 12.6 Å². The first-order valence-electron chi connectivity index (χ1n) is 10.8. The van der Waals surface area contributed by atoms with E-state index in [1.165, 1.54) is 57.5 Å². The average molecular weight is 415 g/mol. The maximum Gasteiger partial charge on any atom is 0.0740 e. The first-order valence-corrected chi connectivity index (χ1v) is 11.3. The van der Waals surface area contributed by atoms with Crippen molar-refractivity contribution in [3.8, 4) is 0 Å². The number of rotatable bonds is 0. The number of piperidine rings is 1. The molecule has 0 radical (unpaired) electrons. The molecule has 1 saturated heterocycles. The molecule has 0 spiro atoms. The van der Waals surface area contributed by atoms with E-state index >= 15 is 0 Å². The van der Waals surface area contributed by atoms with Crippen molar-refractivity contribution >= 4 is 18.2 Å². The molecule has 0 unspecified atom stereocenters. The van der Waals surface area contributed by atoms with Crippen LogP contribution in [-0.4, -0.2) is 18.1 Å². The number of benzene rings is 2. The molecule has 1 aliphatic heterocycles. The predicted octanol–water partition coefficient (Wildman–Crippen LogP) is 5.96. The van der Waals surface area contributed by atoms with Crippen LogP contribution in [0.3, 0.4) is 0 Å². The minimum atomic E-state index is 0.999. The molecule has 0 atom stereocenters. The number of hydrogen-bond acceptors (Lipinski definition) is 3. The van der Waals surface area contributed by atoms with E-state index in [0.29, 0.717) is 0 Å². The fraction of sp³-hybridized carbons (Fsp3) is 0.296. The van der Waals surface area contributed by atoms with Crippen LogP contribution in [0.15, 0.2) is 71.3 Å². The smallest absolute Gasteiger partial charge is 0.0740 e. The number of aromatic nitrogens is 1. The highest BCUT2D eigenvalue weighted by Gasteiger charge is 2.23. The van der Waals surface area contributed by atoms with Gasteiger partial charge in [0.15, 0.2) is 0 Å². The van der Waals surface area contributed by atoms with Crippen molar-refractivity contribution in [3.05, 3.63) is 99.9 Å². The molecular formula is C27H30N2S. The van der Waals surface area contributed by atoms with E-state index in [1.807, 2.05) is 30.5 Å². The zero-order chi connectivity index (χ0) is 20.9. The number of nitrogens with zero attached hydrogens (tertiary/aromatic N) is 1. The number of hydrogen-bond donors (Lipinski definition) is 2. The zero-order valence-corrected chi connectivity index (χ0v) is 18.8. The molecule has 3 heteroatoms. The fourth-order valence-electron chi connectivity index (χ4n) is 4.31. The van der Waals surface area contributed by atoms with Crippen molar-refractivity contribution in [2.24, 2.45) is 0 Å². The number of nitrogens with one attached hydrogen (secondary N) is 1. The molecule has 1 N–H and O–H groups in total. The van der Waals surface area contributed by atoms with Gasteiger partial charge in [-0.1, -0.05) is 47.5 Å². The molecule has 0 bridgehead atoms. The summed E-state index contributed by atoms with van der Waals surface area (Å²) in [5, 5.41) is 3.54. The molecule has 2 heterocycles. The lowest BCUT2D eigenvalue weighted by Crippen LogP contribution is -2.25. The molecular weight excluding hydrogens is 384 g/mol. The van der Waals surface area contributed by atoms with Gasteiger partial charge in [0.2, 0.25) is 0 Å². The average Bonchev–Trinajstić information content (AvgIpc) is 2.93. The largest absolute Gasteiger partial charge is 0.313 e. The lowest BCUT2D eigenvalue weighted by molar-refractivity contribution is 0.611. The second kappa shape index (κ2) is 9.63. The molecule has 0 saturated carbocycles. The van der Waals surface area contributed by atoms with Gasteiger partial charge in [-0.2, -0.15) is 0 Å². The number of pyridine rings is 1. The summed E-state index contributed by atoms with van der Waals surface area (Å²) < 4.78 is 0. The van der Waals surface area contributed by atoms with E-state index in [-0.39, 0.29) is 0 Å². The van der Waals surface area contributed by atoms with Crippen LogP contribution in [0, 0.1) is 13.8 Å². The summed E-state index contributed by atoms with van der Waals surface area (Å²) in [6.45, 7) is 6.38. The third-order valence-corrected chi connectivity index (χ3v) is 6.18. The van der Waals surface area contributed by atoms with Crippen LogP contribution in [0.1, 0.15) is 46.4 Å². The third-order valence-electron chi connectivity index (χ3n) is 5.88. The maximum absolute atomic E-state index is 4.77. The molecule has 2 nitrogen and oxygen atoms in total. The SMILES string of the molecule is Cc1ccc(S)cc1.Cc1ccc2c(c1)CCc1cccnc1/C2=C1/CCCNC1. The maximum atomic E-state index is 4.77. The van der Waals surface area contributed by atoms with E-state index in [1.54, 1.807) is 0 Å². The Hall–Kier alpha value is -2.36. The van der Waals surface area contributed by atoms with Gasteiger partial charge in [-0.25, -0.2) is 0 Å². The number of aryl methyl sites for hydroxylation is 4. The molecule has 1 aromatic heterocycles. The van der Waals surface area contributed by atoms with E-state index < -0.39 is 0 Å². The van der Waals surface area contributed by atoms with E-state index in [0.717, 1.165) is 30.8 Å². The minimum Gasteiger partial charge on any atom is -0.313 e. The lowest BCUT2D eigenvalue weighted by Gasteiger charge is -2.22. The van der Waals surface area contributed by atoms with Crippen molar-refractivity contribution in [2.45, 2.75) is 44.4 Å². The highest BCUT2D eigenvalue weighted by atomic mass is 32.1. The Bertz CT molecular complexity index is 1020. The van der Waals surface area contributed by atoms with Crippen molar-refractivity contribution in [3.63, 3.8) is 0 Å². The van der Waals surface area contributed by atoms with Gasteiger partial charge in [0.25, 0.3) is 0 Å². The Morgan fingerprint density at radius 1 is 0.867 bits per heavy atom. The summed E-state index contributed by atoms with van der Waals surface area (Å²) in [4.78, 5) is 5.80. The van der Waals surface area contributed by atoms with Crippen molar-refractivity contribution < 1.29 is 0 Å². The Kier molecular flexibility index (Phi) is 6.71. The summed E-state index contributed by atoms with van der Waals surface area (Å²) >= 11 is 4.13. The summed E-state index contributed by atoms with van der Waals surface area (Å²) in [5.74, 6) is 0. The van der Waals surface area contributed by atoms with Gasteiger partial charge >= 0.3 is 0 Å². The minimum absolute atomic E-state index is 0.999. The molecule has 1 fully saturated rings. The Morgan fingerprint density at radius 2 is 1.63 bits per heavy atom. The van der Waals surface area contributed by atoms with Crippen LogP contribution in [0.5, 0.6) is 0 Å². The molecule has 30 heavy (non-hydrogen) atoms. The fourth-order valence-corrected chi connectivity index (χ4v) is 4.46. The monoisotopic (exact) mass is 414 g/mol. The molecule has 5 rings (SSSR count). The predicted molar refractivity (Wildman–Crippen MR) is 129 cm³/mol. The Balaban J connectivity index is 0.000000230. The third kappa shape index (κ3) is 4.85. The number of fused-ring (bicyclic) bond motifs is 2. The molecule has 1 aliphatic carbocycles. The quantitative estimate of drug-likeness (QED) is 0.444. The molecule has 154 valence electrons. The van der Waals surface area contributed by atoms with E-state index in [4.69, 9.17) is 4.98 Å². The highest BCUT2D eigenvalue weighted by molar-refractivity contribution is 7.80. The lowest BCUT2D eigenvalue weighted by atomic mass is 9.89. The molecule has 0 amide bonds. The second-order valence-electron chi connectivity index (χ2n) is 8.27. The van der Waals surface area contributed by atoms with Crippen LogP contribution in [0.4, 0.5) is 0 Å². The topological polar surface area (TPSA) is 24.9 Å². The normalized spacial score (nSPS) is 17.8. The van der Waals surface area contributed by atoms with Crippen molar-refractivity contribution in [2.75, 3.05) is 13.1 Å². The van der Waals surface area contributed by atoms with E-state index in [9.17, 15) is 0 Å². The highest BCUT2D eigenvalue weighted by Crippen LogP contribution is 2.36. The first kappa shape index (κ1) is 20.9. The summed E-state index contributed by atoms with van der Waals surface area (Å²) in [7, 11) is 0. The van der Waals surface area contributed by atoms with Gasteiger partial charge in [-0.15, -0.1) is 12.6 Å². The molecule has 2 aliphatic rings. The van der Waals surface area contributed by atoms with Gasteiger partial charge < -0.3 is 5.32 Å². The van der Waals surface area contributed by atoms with Crippen molar-refractivity contribution in [1.29, 1.82) is 0 Å². The number of thiol groups is 1. The van der Waals surface area contributed by atoms with Gasteiger partial charge in [-0.05, 0) is 86.5 Å². The van der Waals surface area contributed by atoms with Crippen LogP contribution < -0.4 is 5.32 Å². The van der Waals surface area contributed by atoms with E-state index in [2.05, 4.69) is 62.1 Å². The van der Waals surface area contributed by atoms with Gasteiger partial charge in [0.05, 0.1) is 5.69 Å². The van der Waals surface area contributed by atoms with Crippen LogP contribution in [0.2, 0.25) is 0 Å².